The van der Waals surface area contributed by atoms with E-state index in [1.165, 1.54) is 5.56 Å². The molecule has 132 valence electrons. The third kappa shape index (κ3) is 4.45. The molecule has 0 unspecified atom stereocenters. The van der Waals surface area contributed by atoms with Gasteiger partial charge in [-0.25, -0.2) is 0 Å². The minimum atomic E-state index is -0.140. The molecule has 1 amide bonds. The second-order valence-corrected chi connectivity index (χ2v) is 6.27. The van der Waals surface area contributed by atoms with E-state index < -0.39 is 0 Å². The summed E-state index contributed by atoms with van der Waals surface area (Å²) in [6, 6.07) is 23.6. The number of carbonyl (C=O) groups excluding carboxylic acids is 1. The topological polar surface area (TPSA) is 49.3 Å². The van der Waals surface area contributed by atoms with Gasteiger partial charge in [0.1, 0.15) is 0 Å². The van der Waals surface area contributed by atoms with Crippen molar-refractivity contribution < 1.29 is 4.79 Å². The summed E-state index contributed by atoms with van der Waals surface area (Å²) in [6.45, 7) is 1.27. The molecule has 3 rings (SSSR count). The summed E-state index contributed by atoms with van der Waals surface area (Å²) < 4.78 is 0. The van der Waals surface area contributed by atoms with Gasteiger partial charge >= 0.3 is 0 Å². The SMILES string of the molecule is CN(Cc1ccccc1)C(=O)c1ccc(N(C)Cc2ccccc2)nn1. The Hall–Kier alpha value is -3.21. The van der Waals surface area contributed by atoms with E-state index in [9.17, 15) is 4.79 Å². The van der Waals surface area contributed by atoms with Crippen LogP contribution < -0.4 is 4.90 Å². The van der Waals surface area contributed by atoms with Crippen LogP contribution >= 0.6 is 0 Å². The van der Waals surface area contributed by atoms with Crippen LogP contribution in [0.25, 0.3) is 0 Å². The molecule has 2 aromatic carbocycles. The van der Waals surface area contributed by atoms with Crippen molar-refractivity contribution in [1.82, 2.24) is 15.1 Å². The minimum absolute atomic E-state index is 0.140. The number of aromatic nitrogens is 2. The Kier molecular flexibility index (Phi) is 5.59. The Morgan fingerprint density at radius 3 is 1.88 bits per heavy atom. The molecule has 0 saturated carbocycles. The first-order chi connectivity index (χ1) is 12.6. The normalized spacial score (nSPS) is 10.4. The molecule has 0 spiro atoms. The largest absolute Gasteiger partial charge is 0.354 e. The van der Waals surface area contributed by atoms with E-state index in [4.69, 9.17) is 0 Å². The Morgan fingerprint density at radius 2 is 1.35 bits per heavy atom. The highest BCUT2D eigenvalue weighted by Crippen LogP contribution is 2.13. The van der Waals surface area contributed by atoms with Gasteiger partial charge < -0.3 is 9.80 Å². The number of hydrogen-bond donors (Lipinski definition) is 0. The maximum absolute atomic E-state index is 12.5. The van der Waals surface area contributed by atoms with E-state index in [1.54, 1.807) is 18.0 Å². The Labute approximate surface area is 153 Å². The molecule has 0 atom stereocenters. The van der Waals surface area contributed by atoms with Gasteiger partial charge in [0.15, 0.2) is 11.5 Å². The molecule has 0 aliphatic rings. The molecule has 0 fully saturated rings. The standard InChI is InChI=1S/C21H22N4O/c1-24(15-17-9-5-3-6-10-17)20-14-13-19(22-23-20)21(26)25(2)16-18-11-7-4-8-12-18/h3-14H,15-16H2,1-2H3. The summed E-state index contributed by atoms with van der Waals surface area (Å²) in [5.41, 5.74) is 2.62. The van der Waals surface area contributed by atoms with Gasteiger partial charge in [-0.3, -0.25) is 4.79 Å². The number of carbonyl (C=O) groups is 1. The molecule has 1 aromatic heterocycles. The third-order valence-corrected chi connectivity index (χ3v) is 4.13. The number of nitrogens with zero attached hydrogens (tertiary/aromatic N) is 4. The van der Waals surface area contributed by atoms with E-state index in [0.29, 0.717) is 12.2 Å². The summed E-state index contributed by atoms with van der Waals surface area (Å²) in [6.07, 6.45) is 0. The van der Waals surface area contributed by atoms with E-state index in [2.05, 4.69) is 22.3 Å². The van der Waals surface area contributed by atoms with Crippen molar-refractivity contribution in [2.24, 2.45) is 0 Å². The zero-order valence-corrected chi connectivity index (χ0v) is 15.0. The molecule has 0 radical (unpaired) electrons. The summed E-state index contributed by atoms with van der Waals surface area (Å²) in [4.78, 5) is 16.2. The molecule has 0 saturated heterocycles. The van der Waals surface area contributed by atoms with Crippen molar-refractivity contribution in [3.8, 4) is 0 Å². The summed E-state index contributed by atoms with van der Waals surface area (Å²) in [7, 11) is 3.73. The van der Waals surface area contributed by atoms with E-state index >= 15 is 0 Å². The third-order valence-electron chi connectivity index (χ3n) is 4.13. The number of hydrogen-bond acceptors (Lipinski definition) is 4. The maximum Gasteiger partial charge on any atom is 0.274 e. The molecule has 26 heavy (non-hydrogen) atoms. The van der Waals surface area contributed by atoms with Gasteiger partial charge in [0.2, 0.25) is 0 Å². The molecule has 3 aromatic rings. The first-order valence-electron chi connectivity index (χ1n) is 8.51. The average molecular weight is 346 g/mol. The second-order valence-electron chi connectivity index (χ2n) is 6.27. The Balaban J connectivity index is 1.63. The predicted octanol–water partition coefficient (Wildman–Crippen LogP) is 3.39. The summed E-state index contributed by atoms with van der Waals surface area (Å²) in [5, 5.41) is 8.33. The van der Waals surface area contributed by atoms with Crippen LogP contribution in [0.1, 0.15) is 21.6 Å². The lowest BCUT2D eigenvalue weighted by atomic mass is 10.2. The first kappa shape index (κ1) is 17.6. The number of anilines is 1. The molecule has 5 nitrogen and oxygen atoms in total. The maximum atomic E-state index is 12.5. The number of rotatable bonds is 6. The van der Waals surface area contributed by atoms with Crippen LogP contribution in [0, 0.1) is 0 Å². The quantitative estimate of drug-likeness (QED) is 0.686. The van der Waals surface area contributed by atoms with Crippen molar-refractivity contribution >= 4 is 11.7 Å². The van der Waals surface area contributed by atoms with Crippen LogP contribution in [-0.4, -0.2) is 35.1 Å². The molecule has 5 heteroatoms. The lowest BCUT2D eigenvalue weighted by Crippen LogP contribution is -2.27. The monoisotopic (exact) mass is 346 g/mol. The van der Waals surface area contributed by atoms with Crippen LogP contribution in [-0.2, 0) is 13.1 Å². The average Bonchev–Trinajstić information content (AvgIpc) is 2.69. The molecule has 1 heterocycles. The highest BCUT2D eigenvalue weighted by Gasteiger charge is 2.15. The van der Waals surface area contributed by atoms with Crippen molar-refractivity contribution in [3.63, 3.8) is 0 Å². The van der Waals surface area contributed by atoms with Crippen molar-refractivity contribution in [2.75, 3.05) is 19.0 Å². The van der Waals surface area contributed by atoms with Crippen LogP contribution in [0.5, 0.6) is 0 Å². The lowest BCUT2D eigenvalue weighted by molar-refractivity contribution is 0.0778. The molecule has 0 N–H and O–H groups in total. The highest BCUT2D eigenvalue weighted by molar-refractivity contribution is 5.92. The fourth-order valence-corrected chi connectivity index (χ4v) is 2.71. The van der Waals surface area contributed by atoms with Crippen molar-refractivity contribution in [3.05, 3.63) is 89.6 Å². The summed E-state index contributed by atoms with van der Waals surface area (Å²) >= 11 is 0. The molecular weight excluding hydrogens is 324 g/mol. The van der Waals surface area contributed by atoms with Crippen LogP contribution in [0.3, 0.4) is 0 Å². The molecule has 0 aliphatic carbocycles. The summed E-state index contributed by atoms with van der Waals surface area (Å²) in [5.74, 6) is 0.592. The van der Waals surface area contributed by atoms with Gasteiger partial charge in [-0.2, -0.15) is 0 Å². The number of benzene rings is 2. The Morgan fingerprint density at radius 1 is 0.769 bits per heavy atom. The zero-order chi connectivity index (χ0) is 18.4. The fraction of sp³-hybridized carbons (Fsp3) is 0.190. The van der Waals surface area contributed by atoms with Gasteiger partial charge in [0.05, 0.1) is 0 Å². The van der Waals surface area contributed by atoms with Crippen LogP contribution in [0.15, 0.2) is 72.8 Å². The second kappa shape index (κ2) is 8.25. The van der Waals surface area contributed by atoms with Crippen LogP contribution in [0.2, 0.25) is 0 Å². The molecule has 0 aliphatic heterocycles. The van der Waals surface area contributed by atoms with Crippen molar-refractivity contribution in [2.45, 2.75) is 13.1 Å². The van der Waals surface area contributed by atoms with Crippen molar-refractivity contribution in [1.29, 1.82) is 0 Å². The van der Waals surface area contributed by atoms with E-state index in [-0.39, 0.29) is 5.91 Å². The van der Waals surface area contributed by atoms with Crippen LogP contribution in [0.4, 0.5) is 5.82 Å². The van der Waals surface area contributed by atoms with E-state index in [0.717, 1.165) is 17.9 Å². The first-order valence-corrected chi connectivity index (χ1v) is 8.51. The van der Waals surface area contributed by atoms with Gasteiger partial charge in [0.25, 0.3) is 5.91 Å². The number of amides is 1. The molecular formula is C21H22N4O. The molecule has 0 bridgehead atoms. The highest BCUT2D eigenvalue weighted by atomic mass is 16.2. The minimum Gasteiger partial charge on any atom is -0.354 e. The zero-order valence-electron chi connectivity index (χ0n) is 15.0. The smallest absolute Gasteiger partial charge is 0.274 e. The van der Waals surface area contributed by atoms with Gasteiger partial charge in [0, 0.05) is 27.2 Å². The van der Waals surface area contributed by atoms with Gasteiger partial charge in [-0.15, -0.1) is 10.2 Å². The lowest BCUT2D eigenvalue weighted by Gasteiger charge is -2.19. The Bertz CT molecular complexity index is 835. The van der Waals surface area contributed by atoms with Gasteiger partial charge in [-0.1, -0.05) is 60.7 Å². The van der Waals surface area contributed by atoms with Gasteiger partial charge in [-0.05, 0) is 23.3 Å². The van der Waals surface area contributed by atoms with E-state index in [1.807, 2.05) is 66.5 Å². The predicted molar refractivity (Wildman–Crippen MR) is 103 cm³/mol. The fourth-order valence-electron chi connectivity index (χ4n) is 2.71.